The van der Waals surface area contributed by atoms with E-state index in [0.717, 1.165) is 38.1 Å². The second-order valence-corrected chi connectivity index (χ2v) is 9.87. The predicted octanol–water partition coefficient (Wildman–Crippen LogP) is 3.96. The molecule has 180 valence electrons. The molecule has 1 amide bonds. The number of amidine groups is 1. The van der Waals surface area contributed by atoms with Crippen molar-refractivity contribution in [2.24, 2.45) is 0 Å². The number of nitrogens with zero attached hydrogens (tertiary/aromatic N) is 4. The van der Waals surface area contributed by atoms with Gasteiger partial charge in [-0.25, -0.2) is 13.6 Å². The average Bonchev–Trinajstić information content (AvgIpc) is 3.47. The molecule has 0 atom stereocenters. The van der Waals surface area contributed by atoms with Gasteiger partial charge >= 0.3 is 0 Å². The zero-order chi connectivity index (χ0) is 24.2. The number of amides is 1. The van der Waals surface area contributed by atoms with Crippen LogP contribution in [0.4, 0.5) is 5.82 Å². The van der Waals surface area contributed by atoms with Crippen LogP contribution < -0.4 is 10.1 Å². The topological polar surface area (TPSA) is 109 Å². The van der Waals surface area contributed by atoms with Crippen LogP contribution in [0.15, 0.2) is 30.3 Å². The van der Waals surface area contributed by atoms with Crippen LogP contribution in [0.3, 0.4) is 0 Å². The number of fused-ring (bicyclic) bond motifs is 1. The van der Waals surface area contributed by atoms with E-state index < -0.39 is 0 Å². The number of pyridine rings is 1. The van der Waals surface area contributed by atoms with E-state index >= 15 is 0 Å². The molecule has 2 aliphatic rings. The van der Waals surface area contributed by atoms with E-state index in [4.69, 9.17) is 15.6 Å². The lowest BCUT2D eigenvalue weighted by Crippen LogP contribution is -2.36. The number of aromatic nitrogens is 1. The van der Waals surface area contributed by atoms with Gasteiger partial charge in [0.15, 0.2) is 5.84 Å². The SMILES string of the molecule is COc1cc2c(cc1C(=O)Nc1cccc(C(=N)N(C=N)C(C)C)n1)CN(SN1CCCC1)C2. The third kappa shape index (κ3) is 5.24. The molecule has 0 unspecified atom stereocenters. The van der Waals surface area contributed by atoms with Crippen molar-refractivity contribution in [3.05, 3.63) is 52.7 Å². The van der Waals surface area contributed by atoms with Gasteiger partial charge in [0.2, 0.25) is 0 Å². The number of hydrogen-bond acceptors (Lipinski definition) is 8. The number of ether oxygens (including phenoxy) is 1. The molecule has 1 aromatic heterocycles. The third-order valence-electron chi connectivity index (χ3n) is 5.94. The van der Waals surface area contributed by atoms with Gasteiger partial charge in [-0.05, 0) is 62.1 Å². The average molecular weight is 482 g/mol. The first-order valence-corrected chi connectivity index (χ1v) is 12.2. The Kier molecular flexibility index (Phi) is 7.50. The molecule has 2 aromatic rings. The van der Waals surface area contributed by atoms with E-state index in [1.807, 2.05) is 26.0 Å². The molecule has 2 aliphatic heterocycles. The Morgan fingerprint density at radius 2 is 1.91 bits per heavy atom. The summed E-state index contributed by atoms with van der Waals surface area (Å²) in [5, 5.41) is 18.8. The van der Waals surface area contributed by atoms with Gasteiger partial charge in [-0.3, -0.25) is 15.6 Å². The highest BCUT2D eigenvalue weighted by molar-refractivity contribution is 7.94. The van der Waals surface area contributed by atoms with Crippen molar-refractivity contribution in [1.82, 2.24) is 18.5 Å². The van der Waals surface area contributed by atoms with E-state index in [-0.39, 0.29) is 17.8 Å². The van der Waals surface area contributed by atoms with Crippen molar-refractivity contribution >= 4 is 36.0 Å². The quantitative estimate of drug-likeness (QED) is 0.297. The molecule has 3 heterocycles. The maximum absolute atomic E-state index is 13.2. The molecule has 1 fully saturated rings. The van der Waals surface area contributed by atoms with E-state index in [0.29, 0.717) is 22.8 Å². The van der Waals surface area contributed by atoms with Gasteiger partial charge in [-0.2, -0.15) is 0 Å². The molecule has 9 nitrogen and oxygen atoms in total. The van der Waals surface area contributed by atoms with Gasteiger partial charge in [0.1, 0.15) is 17.3 Å². The van der Waals surface area contributed by atoms with Crippen molar-refractivity contribution in [3.63, 3.8) is 0 Å². The highest BCUT2D eigenvalue weighted by Crippen LogP contribution is 2.35. The fraction of sp³-hybridized carbons (Fsp3) is 0.417. The van der Waals surface area contributed by atoms with Crippen molar-refractivity contribution in [2.45, 2.75) is 45.8 Å². The Morgan fingerprint density at radius 1 is 1.21 bits per heavy atom. The molecule has 4 rings (SSSR count). The van der Waals surface area contributed by atoms with Gasteiger partial charge in [0.25, 0.3) is 5.91 Å². The summed E-state index contributed by atoms with van der Waals surface area (Å²) >= 11 is 1.79. The molecule has 34 heavy (non-hydrogen) atoms. The lowest BCUT2D eigenvalue weighted by molar-refractivity contribution is 0.102. The number of rotatable bonds is 8. The Bertz CT molecular complexity index is 1080. The Morgan fingerprint density at radius 3 is 2.56 bits per heavy atom. The van der Waals surface area contributed by atoms with Crippen molar-refractivity contribution in [3.8, 4) is 5.75 Å². The Labute approximate surface area is 204 Å². The summed E-state index contributed by atoms with van der Waals surface area (Å²) < 4.78 is 10.3. The second-order valence-electron chi connectivity index (χ2n) is 8.68. The van der Waals surface area contributed by atoms with Crippen LogP contribution in [0, 0.1) is 10.8 Å². The molecular weight excluding hydrogens is 450 g/mol. The number of methoxy groups -OCH3 is 1. The van der Waals surface area contributed by atoms with E-state index in [1.54, 1.807) is 37.4 Å². The summed E-state index contributed by atoms with van der Waals surface area (Å²) in [5.41, 5.74) is 3.14. The second kappa shape index (κ2) is 10.5. The van der Waals surface area contributed by atoms with E-state index in [2.05, 4.69) is 18.9 Å². The zero-order valence-electron chi connectivity index (χ0n) is 19.8. The van der Waals surface area contributed by atoms with Gasteiger partial charge in [-0.1, -0.05) is 6.07 Å². The Hall–Kier alpha value is -2.95. The highest BCUT2D eigenvalue weighted by atomic mass is 32.2. The number of carbonyl (C=O) groups is 1. The summed E-state index contributed by atoms with van der Waals surface area (Å²) in [7, 11) is 1.57. The van der Waals surface area contributed by atoms with Crippen LogP contribution in [-0.2, 0) is 13.1 Å². The monoisotopic (exact) mass is 481 g/mol. The van der Waals surface area contributed by atoms with Crippen LogP contribution in [0.1, 0.15) is 53.9 Å². The normalized spacial score (nSPS) is 15.9. The third-order valence-corrected chi connectivity index (χ3v) is 7.03. The van der Waals surface area contributed by atoms with Gasteiger partial charge in [-0.15, -0.1) is 0 Å². The molecule has 0 spiro atoms. The van der Waals surface area contributed by atoms with Crippen molar-refractivity contribution in [1.29, 1.82) is 10.8 Å². The van der Waals surface area contributed by atoms with Crippen molar-refractivity contribution in [2.75, 3.05) is 25.5 Å². The summed E-state index contributed by atoms with van der Waals surface area (Å²) in [4.78, 5) is 19.1. The molecule has 1 aromatic carbocycles. The first-order valence-electron chi connectivity index (χ1n) is 11.4. The van der Waals surface area contributed by atoms with E-state index in [1.165, 1.54) is 23.3 Å². The maximum atomic E-state index is 13.2. The number of anilines is 1. The minimum absolute atomic E-state index is 0.0519. The van der Waals surface area contributed by atoms with Crippen LogP contribution in [0.25, 0.3) is 0 Å². The minimum atomic E-state index is -0.311. The largest absolute Gasteiger partial charge is 0.496 e. The standard InChI is InChI=1S/C24H31N7O2S/c1-16(2)31(15-25)23(26)20-7-6-8-22(27-20)28-24(32)19-11-17-13-30(34-29-9-4-5-10-29)14-18(17)12-21(19)33-3/h6-8,11-12,15-16,25-26H,4-5,9-10,13-14H2,1-3H3,(H,27,28,32). The fourth-order valence-corrected chi connectivity index (χ4v) is 5.30. The highest BCUT2D eigenvalue weighted by Gasteiger charge is 2.27. The van der Waals surface area contributed by atoms with Crippen LogP contribution >= 0.6 is 12.1 Å². The summed E-state index contributed by atoms with van der Waals surface area (Å²) in [6, 6.07) is 8.94. The lowest BCUT2D eigenvalue weighted by atomic mass is 10.0. The smallest absolute Gasteiger partial charge is 0.260 e. The maximum Gasteiger partial charge on any atom is 0.260 e. The van der Waals surface area contributed by atoms with Crippen LogP contribution in [0.5, 0.6) is 5.75 Å². The molecule has 1 saturated heterocycles. The fourth-order valence-electron chi connectivity index (χ4n) is 4.16. The summed E-state index contributed by atoms with van der Waals surface area (Å²) in [6.45, 7) is 7.63. The first kappa shape index (κ1) is 24.2. The molecule has 3 N–H and O–H groups in total. The van der Waals surface area contributed by atoms with Gasteiger partial charge in [0.05, 0.1) is 19.0 Å². The molecule has 10 heteroatoms. The zero-order valence-corrected chi connectivity index (χ0v) is 20.6. The summed E-state index contributed by atoms with van der Waals surface area (Å²) in [6.07, 6.45) is 3.61. The molecule has 0 radical (unpaired) electrons. The molecule has 0 aliphatic carbocycles. The van der Waals surface area contributed by atoms with Crippen molar-refractivity contribution < 1.29 is 9.53 Å². The number of benzene rings is 1. The van der Waals surface area contributed by atoms with Gasteiger partial charge < -0.3 is 15.0 Å². The summed E-state index contributed by atoms with van der Waals surface area (Å²) in [5.74, 6) is 0.665. The lowest BCUT2D eigenvalue weighted by Gasteiger charge is -2.23. The first-order chi connectivity index (χ1) is 16.4. The number of nitrogens with one attached hydrogen (secondary N) is 3. The molecule has 0 saturated carbocycles. The predicted molar refractivity (Wildman–Crippen MR) is 135 cm³/mol. The van der Waals surface area contributed by atoms with E-state index in [9.17, 15) is 4.79 Å². The number of hydrogen-bond donors (Lipinski definition) is 3. The van der Waals surface area contributed by atoms with Crippen LogP contribution in [-0.4, -0.2) is 62.8 Å². The Balaban J connectivity index is 1.50. The van der Waals surface area contributed by atoms with Gasteiger partial charge in [0, 0.05) is 44.4 Å². The molecule has 0 bridgehead atoms. The minimum Gasteiger partial charge on any atom is -0.496 e. The molecular formula is C24H31N7O2S. The van der Waals surface area contributed by atoms with Crippen LogP contribution in [0.2, 0.25) is 0 Å². The number of carbonyl (C=O) groups excluding carboxylic acids is 1.